The summed E-state index contributed by atoms with van der Waals surface area (Å²) in [5.74, 6) is -1.60. The van der Waals surface area contributed by atoms with E-state index in [4.69, 9.17) is 16.3 Å². The van der Waals surface area contributed by atoms with E-state index in [1.54, 1.807) is 32.2 Å². The Morgan fingerprint density at radius 1 is 1.14 bits per heavy atom. The van der Waals surface area contributed by atoms with Gasteiger partial charge in [-0.05, 0) is 56.9 Å². The SMILES string of the molecule is Cc1cnc(-c2ccc3c(n2)[C@](C)(O)CC3)cc1-n1c(C)cc(OCc2ncc(F)cc2F)c(Cl)c1=O. The molecule has 0 unspecified atom stereocenters. The molecule has 1 atom stereocenters. The Morgan fingerprint density at radius 3 is 2.68 bits per heavy atom. The van der Waals surface area contributed by atoms with Crippen molar-refractivity contribution in [3.8, 4) is 22.8 Å². The molecular weight excluding hydrogens is 502 g/mol. The summed E-state index contributed by atoms with van der Waals surface area (Å²) in [6.07, 6.45) is 3.89. The highest BCUT2D eigenvalue weighted by atomic mass is 35.5. The fourth-order valence-electron chi connectivity index (χ4n) is 4.47. The van der Waals surface area contributed by atoms with Crippen molar-refractivity contribution in [2.24, 2.45) is 0 Å². The number of halogens is 3. The van der Waals surface area contributed by atoms with Crippen LogP contribution in [0.2, 0.25) is 5.02 Å². The summed E-state index contributed by atoms with van der Waals surface area (Å²) < 4.78 is 34.1. The second-order valence-corrected chi connectivity index (χ2v) is 9.69. The maximum absolute atomic E-state index is 13.9. The minimum absolute atomic E-state index is 0.0559. The predicted molar refractivity (Wildman–Crippen MR) is 134 cm³/mol. The van der Waals surface area contributed by atoms with Gasteiger partial charge in [-0.25, -0.2) is 13.8 Å². The summed E-state index contributed by atoms with van der Waals surface area (Å²) in [5.41, 5.74) is 2.91. The number of pyridine rings is 4. The molecule has 0 spiro atoms. The number of ether oxygens (including phenoxy) is 1. The number of rotatable bonds is 5. The predicted octanol–water partition coefficient (Wildman–Crippen LogP) is 4.97. The summed E-state index contributed by atoms with van der Waals surface area (Å²) >= 11 is 6.37. The third kappa shape index (κ3) is 4.60. The van der Waals surface area contributed by atoms with Crippen LogP contribution in [0.4, 0.5) is 8.78 Å². The molecule has 0 saturated carbocycles. The van der Waals surface area contributed by atoms with Gasteiger partial charge in [0.05, 0.1) is 29.0 Å². The van der Waals surface area contributed by atoms with Gasteiger partial charge in [-0.1, -0.05) is 17.7 Å². The summed E-state index contributed by atoms with van der Waals surface area (Å²) in [5, 5.41) is 10.5. The molecule has 4 aromatic heterocycles. The number of nitrogens with zero attached hydrogens (tertiary/aromatic N) is 4. The Hall–Kier alpha value is -3.69. The zero-order chi connectivity index (χ0) is 26.5. The van der Waals surface area contributed by atoms with Crippen molar-refractivity contribution >= 4 is 11.6 Å². The monoisotopic (exact) mass is 524 g/mol. The Morgan fingerprint density at radius 2 is 1.92 bits per heavy atom. The minimum atomic E-state index is -0.998. The van der Waals surface area contributed by atoms with Crippen LogP contribution in [0.5, 0.6) is 5.75 Å². The fraction of sp³-hybridized carbons (Fsp3) is 0.259. The zero-order valence-electron chi connectivity index (χ0n) is 20.3. The Kier molecular flexibility index (Phi) is 6.29. The third-order valence-corrected chi connectivity index (χ3v) is 6.84. The molecule has 190 valence electrons. The van der Waals surface area contributed by atoms with Gasteiger partial charge in [0, 0.05) is 24.0 Å². The van der Waals surface area contributed by atoms with Crippen molar-refractivity contribution < 1.29 is 18.6 Å². The average Bonchev–Trinajstić information content (AvgIpc) is 3.16. The van der Waals surface area contributed by atoms with E-state index in [0.29, 0.717) is 41.0 Å². The highest BCUT2D eigenvalue weighted by Crippen LogP contribution is 2.36. The largest absolute Gasteiger partial charge is 0.485 e. The van der Waals surface area contributed by atoms with Gasteiger partial charge in [0.2, 0.25) is 0 Å². The summed E-state index contributed by atoms with van der Waals surface area (Å²) in [6.45, 7) is 4.95. The number of aliphatic hydroxyl groups is 1. The van der Waals surface area contributed by atoms with Crippen LogP contribution in [0.1, 0.15) is 41.6 Å². The van der Waals surface area contributed by atoms with Crippen LogP contribution in [0.3, 0.4) is 0 Å². The molecule has 0 fully saturated rings. The minimum Gasteiger partial charge on any atom is -0.485 e. The van der Waals surface area contributed by atoms with Crippen molar-refractivity contribution in [2.45, 2.75) is 45.8 Å². The van der Waals surface area contributed by atoms with Crippen LogP contribution in [0.15, 0.2) is 47.5 Å². The molecule has 1 aliphatic carbocycles. The van der Waals surface area contributed by atoms with Gasteiger partial charge < -0.3 is 9.84 Å². The van der Waals surface area contributed by atoms with Gasteiger partial charge >= 0.3 is 0 Å². The molecule has 5 rings (SSSR count). The maximum atomic E-state index is 13.9. The van der Waals surface area contributed by atoms with E-state index in [0.717, 1.165) is 23.7 Å². The second-order valence-electron chi connectivity index (χ2n) is 9.31. The van der Waals surface area contributed by atoms with Gasteiger partial charge in [0.1, 0.15) is 34.5 Å². The standard InChI is InChI=1S/C27H23ClF2N4O3/c1-14-11-31-20(19-5-4-16-6-7-27(3,36)25(16)33-19)10-22(14)34-15(2)8-23(24(28)26(34)35)37-13-21-18(30)9-17(29)12-32-21/h4-5,8-12,36H,6-7,13H2,1-3H3/t27-/m1/s1. The van der Waals surface area contributed by atoms with Gasteiger partial charge in [-0.15, -0.1) is 0 Å². The summed E-state index contributed by atoms with van der Waals surface area (Å²) in [6, 6.07) is 7.81. The van der Waals surface area contributed by atoms with E-state index in [9.17, 15) is 18.7 Å². The van der Waals surface area contributed by atoms with Gasteiger partial charge in [-0.2, -0.15) is 0 Å². The number of hydrogen-bond acceptors (Lipinski definition) is 6. The van der Waals surface area contributed by atoms with Crippen molar-refractivity contribution in [1.29, 1.82) is 0 Å². The number of hydrogen-bond donors (Lipinski definition) is 1. The lowest BCUT2D eigenvalue weighted by molar-refractivity contribution is 0.0554. The Labute approximate surface area is 216 Å². The van der Waals surface area contributed by atoms with Gasteiger partial charge in [-0.3, -0.25) is 19.3 Å². The van der Waals surface area contributed by atoms with Crippen molar-refractivity contribution in [3.05, 3.63) is 97.9 Å². The van der Waals surface area contributed by atoms with E-state index in [-0.39, 0.29) is 23.1 Å². The molecular formula is C27H23ClF2N4O3. The molecule has 4 aromatic rings. The highest BCUT2D eigenvalue weighted by molar-refractivity contribution is 6.31. The smallest absolute Gasteiger partial charge is 0.277 e. The number of aromatic nitrogens is 4. The Bertz CT molecular complexity index is 1600. The molecule has 37 heavy (non-hydrogen) atoms. The first-order chi connectivity index (χ1) is 17.5. The molecule has 7 nitrogen and oxygen atoms in total. The first-order valence-electron chi connectivity index (χ1n) is 11.6. The van der Waals surface area contributed by atoms with E-state index in [1.165, 1.54) is 4.57 Å². The van der Waals surface area contributed by atoms with E-state index < -0.39 is 22.8 Å². The van der Waals surface area contributed by atoms with Crippen molar-refractivity contribution in [3.63, 3.8) is 0 Å². The Balaban J connectivity index is 1.51. The lowest BCUT2D eigenvalue weighted by Crippen LogP contribution is -2.23. The highest BCUT2D eigenvalue weighted by Gasteiger charge is 2.34. The molecule has 0 bridgehead atoms. The molecule has 10 heteroatoms. The van der Waals surface area contributed by atoms with Gasteiger partial charge in [0.15, 0.2) is 5.82 Å². The fourth-order valence-corrected chi connectivity index (χ4v) is 4.66. The molecule has 0 aromatic carbocycles. The molecule has 1 aliphatic rings. The lowest BCUT2D eigenvalue weighted by atomic mass is 10.0. The summed E-state index contributed by atoms with van der Waals surface area (Å²) in [7, 11) is 0. The molecule has 0 saturated heterocycles. The number of aryl methyl sites for hydroxylation is 3. The number of fused-ring (bicyclic) bond motifs is 1. The third-order valence-electron chi connectivity index (χ3n) is 6.50. The molecule has 0 aliphatic heterocycles. The molecule has 4 heterocycles. The van der Waals surface area contributed by atoms with Crippen LogP contribution in [-0.2, 0) is 18.6 Å². The van der Waals surface area contributed by atoms with Crippen molar-refractivity contribution in [1.82, 2.24) is 19.5 Å². The van der Waals surface area contributed by atoms with Gasteiger partial charge in [0.25, 0.3) is 5.56 Å². The van der Waals surface area contributed by atoms with Crippen LogP contribution in [0, 0.1) is 25.5 Å². The lowest BCUT2D eigenvalue weighted by Gasteiger charge is -2.18. The molecule has 0 radical (unpaired) electrons. The van der Waals surface area contributed by atoms with Crippen LogP contribution in [-0.4, -0.2) is 24.6 Å². The van der Waals surface area contributed by atoms with Crippen LogP contribution in [0.25, 0.3) is 17.1 Å². The second kappa shape index (κ2) is 9.32. The van der Waals surface area contributed by atoms with E-state index in [2.05, 4.69) is 15.0 Å². The van der Waals surface area contributed by atoms with Crippen molar-refractivity contribution in [2.75, 3.05) is 0 Å². The van der Waals surface area contributed by atoms with E-state index in [1.807, 2.05) is 19.1 Å². The topological polar surface area (TPSA) is 90.1 Å². The maximum Gasteiger partial charge on any atom is 0.277 e. The summed E-state index contributed by atoms with van der Waals surface area (Å²) in [4.78, 5) is 26.2. The quantitative estimate of drug-likeness (QED) is 0.396. The van der Waals surface area contributed by atoms with E-state index >= 15 is 0 Å². The zero-order valence-corrected chi connectivity index (χ0v) is 21.1. The molecule has 1 N–H and O–H groups in total. The molecule has 0 amide bonds. The average molecular weight is 525 g/mol. The van der Waals surface area contributed by atoms with Crippen LogP contribution >= 0.6 is 11.6 Å². The first-order valence-corrected chi connectivity index (χ1v) is 12.0. The van der Waals surface area contributed by atoms with Crippen LogP contribution < -0.4 is 10.3 Å². The normalized spacial score (nSPS) is 16.6. The first kappa shape index (κ1) is 25.0.